The van der Waals surface area contributed by atoms with Crippen molar-refractivity contribution in [3.63, 3.8) is 0 Å². The summed E-state index contributed by atoms with van der Waals surface area (Å²) >= 11 is 0. The Morgan fingerprint density at radius 1 is 1.20 bits per heavy atom. The molecule has 2 N–H and O–H groups in total. The largest absolute Gasteiger partial charge is 0.390 e. The fraction of sp³-hybridized carbons (Fsp3) is 0.750. The second-order valence-corrected chi connectivity index (χ2v) is 9.96. The lowest BCUT2D eigenvalue weighted by molar-refractivity contribution is -0.167. The molecule has 1 aromatic heterocycles. The van der Waals surface area contributed by atoms with Crippen LogP contribution >= 0.6 is 0 Å². The van der Waals surface area contributed by atoms with Gasteiger partial charge in [0.2, 0.25) is 5.91 Å². The molecule has 1 amide bonds. The summed E-state index contributed by atoms with van der Waals surface area (Å²) in [5.74, 6) is 2.01. The highest BCUT2D eigenvalue weighted by molar-refractivity contribution is 5.90. The molecule has 25 heavy (non-hydrogen) atoms. The van der Waals surface area contributed by atoms with Gasteiger partial charge in [-0.25, -0.2) is 9.97 Å². The first-order valence-electron chi connectivity index (χ1n) is 9.50. The zero-order valence-electron chi connectivity index (χ0n) is 15.5. The summed E-state index contributed by atoms with van der Waals surface area (Å²) in [7, 11) is 0. The molecule has 4 aliphatic rings. The van der Waals surface area contributed by atoms with Crippen LogP contribution in [0.1, 0.15) is 71.5 Å². The summed E-state index contributed by atoms with van der Waals surface area (Å²) in [5, 5.41) is 13.8. The topological polar surface area (TPSA) is 75.1 Å². The van der Waals surface area contributed by atoms with Crippen molar-refractivity contribution in [2.45, 2.75) is 76.7 Å². The molecule has 5 rings (SSSR count). The molecule has 5 nitrogen and oxygen atoms in total. The van der Waals surface area contributed by atoms with Crippen molar-refractivity contribution >= 4 is 11.6 Å². The molecule has 0 aromatic carbocycles. The van der Waals surface area contributed by atoms with Gasteiger partial charge >= 0.3 is 0 Å². The van der Waals surface area contributed by atoms with E-state index >= 15 is 0 Å². The van der Waals surface area contributed by atoms with Crippen molar-refractivity contribution in [1.29, 1.82) is 0 Å². The van der Waals surface area contributed by atoms with Crippen LogP contribution in [0, 0.1) is 17.3 Å². The third-order valence-electron chi connectivity index (χ3n) is 6.29. The minimum atomic E-state index is -0.512. The number of aromatic nitrogens is 2. The van der Waals surface area contributed by atoms with E-state index in [1.54, 1.807) is 12.4 Å². The van der Waals surface area contributed by atoms with Crippen LogP contribution in [0.2, 0.25) is 0 Å². The number of hydrogen-bond donors (Lipinski definition) is 2. The fourth-order valence-corrected chi connectivity index (χ4v) is 5.93. The van der Waals surface area contributed by atoms with E-state index in [9.17, 15) is 9.90 Å². The van der Waals surface area contributed by atoms with Gasteiger partial charge in [0, 0.05) is 11.8 Å². The Kier molecular flexibility index (Phi) is 3.73. The Morgan fingerprint density at radius 3 is 2.32 bits per heavy atom. The van der Waals surface area contributed by atoms with E-state index < -0.39 is 5.60 Å². The number of aliphatic hydroxyl groups is 1. The zero-order chi connectivity index (χ0) is 17.9. The molecule has 0 aliphatic heterocycles. The van der Waals surface area contributed by atoms with Crippen LogP contribution in [0.5, 0.6) is 0 Å². The predicted octanol–water partition coefficient (Wildman–Crippen LogP) is 3.43. The Labute approximate surface area is 149 Å². The molecule has 0 radical (unpaired) electrons. The number of carbonyl (C=O) groups excluding carboxylic acids is 1. The summed E-state index contributed by atoms with van der Waals surface area (Å²) in [5.41, 5.74) is 0.0372. The smallest absolute Gasteiger partial charge is 0.225 e. The molecule has 4 aliphatic carbocycles. The van der Waals surface area contributed by atoms with Crippen LogP contribution < -0.4 is 5.32 Å². The summed E-state index contributed by atoms with van der Waals surface area (Å²) < 4.78 is 0. The van der Waals surface area contributed by atoms with Gasteiger partial charge in [-0.2, -0.15) is 0 Å². The van der Waals surface area contributed by atoms with E-state index in [1.165, 1.54) is 6.42 Å². The number of anilines is 1. The molecule has 2 atom stereocenters. The molecule has 4 bridgehead atoms. The molecule has 4 saturated carbocycles. The van der Waals surface area contributed by atoms with Crippen LogP contribution in [0.4, 0.5) is 5.69 Å². The average Bonchev–Trinajstić information content (AvgIpc) is 2.43. The first-order valence-corrected chi connectivity index (χ1v) is 9.50. The maximum absolute atomic E-state index is 12.6. The van der Waals surface area contributed by atoms with Gasteiger partial charge in [0.15, 0.2) is 0 Å². The third kappa shape index (κ3) is 3.31. The molecule has 1 heterocycles. The monoisotopic (exact) mass is 343 g/mol. The van der Waals surface area contributed by atoms with Crippen molar-refractivity contribution in [2.75, 3.05) is 5.32 Å². The average molecular weight is 343 g/mol. The molecule has 2 unspecified atom stereocenters. The van der Waals surface area contributed by atoms with E-state index in [2.05, 4.69) is 36.1 Å². The Balaban J connectivity index is 1.43. The van der Waals surface area contributed by atoms with Crippen LogP contribution in [-0.4, -0.2) is 26.6 Å². The quantitative estimate of drug-likeness (QED) is 0.881. The van der Waals surface area contributed by atoms with E-state index in [4.69, 9.17) is 0 Å². The maximum Gasteiger partial charge on any atom is 0.225 e. The van der Waals surface area contributed by atoms with Crippen LogP contribution in [0.15, 0.2) is 12.4 Å². The van der Waals surface area contributed by atoms with Crippen LogP contribution in [-0.2, 0) is 10.2 Å². The first kappa shape index (κ1) is 17.0. The lowest BCUT2D eigenvalue weighted by atomic mass is 9.47. The fourth-order valence-electron chi connectivity index (χ4n) is 5.93. The van der Waals surface area contributed by atoms with E-state index in [0.717, 1.165) is 37.9 Å². The van der Waals surface area contributed by atoms with Crippen molar-refractivity contribution in [3.05, 3.63) is 18.2 Å². The van der Waals surface area contributed by atoms with Crippen LogP contribution in [0.25, 0.3) is 0 Å². The van der Waals surface area contributed by atoms with E-state index in [-0.39, 0.29) is 16.7 Å². The van der Waals surface area contributed by atoms with Gasteiger partial charge in [0.25, 0.3) is 0 Å². The Bertz CT molecular complexity index is 663. The second-order valence-electron chi connectivity index (χ2n) is 9.96. The van der Waals surface area contributed by atoms with Gasteiger partial charge in [-0.15, -0.1) is 0 Å². The minimum Gasteiger partial charge on any atom is -0.390 e. The molecule has 0 spiro atoms. The highest BCUT2D eigenvalue weighted by Gasteiger charge is 2.57. The number of amides is 1. The highest BCUT2D eigenvalue weighted by Crippen LogP contribution is 2.62. The van der Waals surface area contributed by atoms with Crippen molar-refractivity contribution in [1.82, 2.24) is 9.97 Å². The molecule has 5 heteroatoms. The lowest BCUT2D eigenvalue weighted by Gasteiger charge is -2.60. The molecule has 0 saturated heterocycles. The van der Waals surface area contributed by atoms with Gasteiger partial charge in [-0.05, 0) is 55.8 Å². The van der Waals surface area contributed by atoms with Gasteiger partial charge in [-0.1, -0.05) is 20.8 Å². The number of nitrogens with one attached hydrogen (secondary N) is 1. The highest BCUT2D eigenvalue weighted by atomic mass is 16.3. The Hall–Kier alpha value is -1.49. The van der Waals surface area contributed by atoms with Crippen molar-refractivity contribution in [3.8, 4) is 0 Å². The summed E-state index contributed by atoms with van der Waals surface area (Å²) in [6, 6.07) is 0. The normalized spacial score (nSPS) is 36.5. The maximum atomic E-state index is 12.6. The molecule has 4 fully saturated rings. The number of nitrogens with zero attached hydrogens (tertiary/aromatic N) is 2. The Morgan fingerprint density at radius 2 is 1.80 bits per heavy atom. The summed E-state index contributed by atoms with van der Waals surface area (Å²) in [6.07, 6.45) is 10.00. The zero-order valence-corrected chi connectivity index (χ0v) is 15.5. The van der Waals surface area contributed by atoms with Gasteiger partial charge in [-0.3, -0.25) is 4.79 Å². The molecular weight excluding hydrogens is 314 g/mol. The van der Waals surface area contributed by atoms with Gasteiger partial charge in [0.1, 0.15) is 5.82 Å². The second kappa shape index (κ2) is 5.50. The summed E-state index contributed by atoms with van der Waals surface area (Å²) in [6.45, 7) is 6.20. The number of carbonyl (C=O) groups is 1. The van der Waals surface area contributed by atoms with E-state index in [1.807, 2.05) is 0 Å². The summed E-state index contributed by atoms with van der Waals surface area (Å²) in [4.78, 5) is 21.4. The number of rotatable bonds is 3. The van der Waals surface area contributed by atoms with Crippen LogP contribution in [0.3, 0.4) is 0 Å². The van der Waals surface area contributed by atoms with Crippen molar-refractivity contribution < 1.29 is 9.90 Å². The molecule has 1 aromatic rings. The molecular formula is C20H29N3O2. The van der Waals surface area contributed by atoms with Gasteiger partial charge in [0.05, 0.1) is 23.7 Å². The van der Waals surface area contributed by atoms with E-state index in [0.29, 0.717) is 23.9 Å². The third-order valence-corrected chi connectivity index (χ3v) is 6.29. The predicted molar refractivity (Wildman–Crippen MR) is 96.0 cm³/mol. The lowest BCUT2D eigenvalue weighted by Crippen LogP contribution is -2.56. The number of hydrogen-bond acceptors (Lipinski definition) is 4. The molecule has 136 valence electrons. The first-order chi connectivity index (χ1) is 11.6. The minimum absolute atomic E-state index is 0.00484. The van der Waals surface area contributed by atoms with Gasteiger partial charge < -0.3 is 10.4 Å². The standard InChI is InChI=1S/C20H29N3O2/c1-18(2,3)17-21-10-15(11-22-17)23-16(24)9-19-5-13-4-14(6-19)8-20(25,7-13)12-19/h10-11,13-14,25H,4-9,12H2,1-3H3,(H,23,24). The van der Waals surface area contributed by atoms with Crippen molar-refractivity contribution in [2.24, 2.45) is 17.3 Å². The SMILES string of the molecule is CC(C)(C)c1ncc(NC(=O)CC23CC4CC(CC(O)(C4)C2)C3)cn1.